The Morgan fingerprint density at radius 3 is 1.76 bits per heavy atom. The summed E-state index contributed by atoms with van der Waals surface area (Å²) in [4.78, 5) is 20.6. The lowest BCUT2D eigenvalue weighted by Crippen LogP contribution is -2.16. The number of carbonyl (C=O) groups is 2. The third kappa shape index (κ3) is 11.2. The fourth-order valence-electron chi connectivity index (χ4n) is 1.50. The van der Waals surface area contributed by atoms with Crippen molar-refractivity contribution in [3.05, 3.63) is 0 Å². The summed E-state index contributed by atoms with van der Waals surface area (Å²) in [5, 5.41) is 16.8. The summed E-state index contributed by atoms with van der Waals surface area (Å²) in [6.07, 6.45) is 8.14. The van der Waals surface area contributed by atoms with Crippen LogP contribution >= 0.6 is 0 Å². The predicted molar refractivity (Wildman–Crippen MR) is 62.6 cm³/mol. The number of carbonyl (C=O) groups excluding carboxylic acids is 1. The number of carboxylic acids is 1. The summed E-state index contributed by atoms with van der Waals surface area (Å²) in [6, 6.07) is 0. The van der Waals surface area contributed by atoms with Gasteiger partial charge in [-0.05, 0) is 12.8 Å². The molecule has 0 saturated carbocycles. The third-order valence-electron chi connectivity index (χ3n) is 2.46. The van der Waals surface area contributed by atoms with Gasteiger partial charge in [-0.25, -0.2) is 9.59 Å². The first kappa shape index (κ1) is 15.9. The van der Waals surface area contributed by atoms with Gasteiger partial charge in [0.25, 0.3) is 0 Å². The lowest BCUT2D eigenvalue weighted by molar-refractivity contribution is -0.163. The Hall–Kier alpha value is -1.10. The van der Waals surface area contributed by atoms with Crippen LogP contribution in [0.25, 0.3) is 0 Å². The highest BCUT2D eigenvalue weighted by atomic mass is 16.6. The number of aliphatic carboxylic acids is 1. The van der Waals surface area contributed by atoms with Crippen LogP contribution in [0.1, 0.15) is 51.4 Å². The molecule has 0 bridgehead atoms. The Kier molecular flexibility index (Phi) is 10.7. The molecule has 0 rings (SSSR count). The molecule has 0 aliphatic rings. The number of esters is 1. The molecule has 17 heavy (non-hydrogen) atoms. The van der Waals surface area contributed by atoms with Gasteiger partial charge in [-0.3, -0.25) is 0 Å². The van der Waals surface area contributed by atoms with Crippen molar-refractivity contribution in [3.63, 3.8) is 0 Å². The Morgan fingerprint density at radius 2 is 1.29 bits per heavy atom. The molecule has 0 atom stereocenters. The number of aliphatic hydroxyl groups is 1. The van der Waals surface area contributed by atoms with Crippen LogP contribution in [0.4, 0.5) is 0 Å². The van der Waals surface area contributed by atoms with Crippen LogP contribution < -0.4 is 0 Å². The summed E-state index contributed by atoms with van der Waals surface area (Å²) in [7, 11) is 0. The molecule has 0 fully saturated rings. The van der Waals surface area contributed by atoms with E-state index < -0.39 is 11.9 Å². The summed E-state index contributed by atoms with van der Waals surface area (Å²) in [5.41, 5.74) is 0. The molecular formula is C12H22O5. The molecule has 0 heterocycles. The number of aliphatic hydroxyl groups excluding tert-OH is 1. The van der Waals surface area contributed by atoms with Gasteiger partial charge in [-0.2, -0.15) is 0 Å². The highest BCUT2D eigenvalue weighted by molar-refractivity contribution is 6.28. The quantitative estimate of drug-likeness (QED) is 0.348. The Bertz CT molecular complexity index is 215. The molecule has 2 N–H and O–H groups in total. The maximum atomic E-state index is 10.5. The van der Waals surface area contributed by atoms with Crippen LogP contribution in [-0.4, -0.2) is 35.4 Å². The van der Waals surface area contributed by atoms with E-state index in [9.17, 15) is 9.59 Å². The van der Waals surface area contributed by atoms with Crippen molar-refractivity contribution in [2.45, 2.75) is 51.4 Å². The molecule has 0 radical (unpaired) electrons. The van der Waals surface area contributed by atoms with Gasteiger partial charge in [-0.1, -0.05) is 38.5 Å². The summed E-state index contributed by atoms with van der Waals surface area (Å²) < 4.78 is 4.50. The van der Waals surface area contributed by atoms with E-state index in [1.807, 2.05) is 0 Å². The molecule has 5 nitrogen and oxygen atoms in total. The highest BCUT2D eigenvalue weighted by Gasteiger charge is 2.11. The van der Waals surface area contributed by atoms with E-state index in [1.54, 1.807) is 0 Å². The molecule has 0 aromatic heterocycles. The number of hydrogen-bond donors (Lipinski definition) is 2. The van der Waals surface area contributed by atoms with E-state index in [2.05, 4.69) is 4.74 Å². The lowest BCUT2D eigenvalue weighted by atomic mass is 10.1. The van der Waals surface area contributed by atoms with Gasteiger partial charge in [-0.15, -0.1) is 0 Å². The first-order chi connectivity index (χ1) is 8.18. The van der Waals surface area contributed by atoms with Gasteiger partial charge in [0.15, 0.2) is 0 Å². The zero-order valence-corrected chi connectivity index (χ0v) is 10.2. The molecule has 0 unspecified atom stereocenters. The smallest absolute Gasteiger partial charge is 0.417 e. The maximum absolute atomic E-state index is 10.5. The Balaban J connectivity index is 3.08. The average molecular weight is 246 g/mol. The average Bonchev–Trinajstić information content (AvgIpc) is 2.31. The normalized spacial score (nSPS) is 10.2. The molecule has 0 aliphatic carbocycles. The zero-order chi connectivity index (χ0) is 12.9. The van der Waals surface area contributed by atoms with Crippen LogP contribution in [0, 0.1) is 0 Å². The number of hydrogen-bond acceptors (Lipinski definition) is 4. The van der Waals surface area contributed by atoms with Crippen LogP contribution in [0.5, 0.6) is 0 Å². The van der Waals surface area contributed by atoms with Crippen molar-refractivity contribution >= 4 is 11.9 Å². The summed E-state index contributed by atoms with van der Waals surface area (Å²) in [5.74, 6) is -2.71. The number of carboxylic acid groups (broad SMARTS) is 1. The Labute approximate surface area is 102 Å². The summed E-state index contributed by atoms with van der Waals surface area (Å²) >= 11 is 0. The maximum Gasteiger partial charge on any atom is 0.417 e. The van der Waals surface area contributed by atoms with Crippen molar-refractivity contribution in [2.75, 3.05) is 13.2 Å². The van der Waals surface area contributed by atoms with Crippen molar-refractivity contribution in [1.29, 1.82) is 0 Å². The van der Waals surface area contributed by atoms with Gasteiger partial charge in [0, 0.05) is 6.61 Å². The van der Waals surface area contributed by atoms with Crippen LogP contribution in [0.3, 0.4) is 0 Å². The monoisotopic (exact) mass is 246 g/mol. The number of rotatable bonds is 10. The minimum Gasteiger partial charge on any atom is -0.473 e. The van der Waals surface area contributed by atoms with Crippen LogP contribution in [-0.2, 0) is 14.3 Å². The highest BCUT2D eigenvalue weighted by Crippen LogP contribution is 2.08. The molecule has 0 aliphatic heterocycles. The third-order valence-corrected chi connectivity index (χ3v) is 2.46. The van der Waals surface area contributed by atoms with Crippen molar-refractivity contribution in [1.82, 2.24) is 0 Å². The minimum atomic E-state index is -1.53. The number of unbranched alkanes of at least 4 members (excludes halogenated alkanes) is 7. The van der Waals surface area contributed by atoms with Gasteiger partial charge >= 0.3 is 11.9 Å². The van der Waals surface area contributed by atoms with Gasteiger partial charge in [0.05, 0.1) is 6.61 Å². The molecule has 0 aromatic rings. The van der Waals surface area contributed by atoms with Gasteiger partial charge < -0.3 is 14.9 Å². The molecule has 0 aromatic carbocycles. The second kappa shape index (κ2) is 11.4. The van der Waals surface area contributed by atoms with E-state index >= 15 is 0 Å². The molecule has 0 amide bonds. The molecule has 5 heteroatoms. The molecule has 100 valence electrons. The van der Waals surface area contributed by atoms with Crippen molar-refractivity contribution in [2.24, 2.45) is 0 Å². The molecule has 0 saturated heterocycles. The van der Waals surface area contributed by atoms with Gasteiger partial charge in [0.1, 0.15) is 0 Å². The first-order valence-electron chi connectivity index (χ1n) is 6.19. The number of ether oxygens (including phenoxy) is 1. The topological polar surface area (TPSA) is 83.8 Å². The van der Waals surface area contributed by atoms with Gasteiger partial charge in [0.2, 0.25) is 0 Å². The second-order valence-electron chi connectivity index (χ2n) is 3.99. The van der Waals surface area contributed by atoms with Crippen molar-refractivity contribution < 1.29 is 24.5 Å². The zero-order valence-electron chi connectivity index (χ0n) is 10.2. The van der Waals surface area contributed by atoms with E-state index in [4.69, 9.17) is 10.2 Å². The first-order valence-corrected chi connectivity index (χ1v) is 6.19. The molecule has 0 spiro atoms. The van der Waals surface area contributed by atoms with Crippen molar-refractivity contribution in [3.8, 4) is 0 Å². The van der Waals surface area contributed by atoms with Crippen LogP contribution in [0.15, 0.2) is 0 Å². The minimum absolute atomic E-state index is 0.190. The standard InChI is InChI=1S/C12H22O5/c13-9-7-5-3-1-2-4-6-8-10-17-12(16)11(14)15/h13H,1-10H2,(H,14,15). The van der Waals surface area contributed by atoms with E-state index in [1.165, 1.54) is 0 Å². The second-order valence-corrected chi connectivity index (χ2v) is 3.99. The lowest BCUT2D eigenvalue weighted by Gasteiger charge is -2.02. The van der Waals surface area contributed by atoms with Crippen LogP contribution in [0.2, 0.25) is 0 Å². The summed E-state index contributed by atoms with van der Waals surface area (Å²) in [6.45, 7) is 0.463. The van der Waals surface area contributed by atoms with E-state index in [-0.39, 0.29) is 13.2 Å². The molecular weight excluding hydrogens is 224 g/mol. The van der Waals surface area contributed by atoms with E-state index in [0.29, 0.717) is 0 Å². The Morgan fingerprint density at radius 1 is 0.824 bits per heavy atom. The van der Waals surface area contributed by atoms with E-state index in [0.717, 1.165) is 51.4 Å². The SMILES string of the molecule is O=C(O)C(=O)OCCCCCCCCCCO. The largest absolute Gasteiger partial charge is 0.473 e. The fourth-order valence-corrected chi connectivity index (χ4v) is 1.50. The fraction of sp³-hybridized carbons (Fsp3) is 0.833. The predicted octanol–water partition coefficient (Wildman–Crippen LogP) is 1.73.